The highest BCUT2D eigenvalue weighted by Crippen LogP contribution is 2.37. The Balaban J connectivity index is 2.06. The van der Waals surface area contributed by atoms with E-state index in [4.69, 9.17) is 5.73 Å². The number of aryl methyl sites for hydroxylation is 1. The highest BCUT2D eigenvalue weighted by atomic mass is 19.1. The summed E-state index contributed by atoms with van der Waals surface area (Å²) < 4.78 is 14.1. The highest BCUT2D eigenvalue weighted by Gasteiger charge is 2.29. The van der Waals surface area contributed by atoms with Gasteiger partial charge in [-0.1, -0.05) is 32.9 Å². The van der Waals surface area contributed by atoms with Gasteiger partial charge in [-0.05, 0) is 67.6 Å². The molecule has 3 N–H and O–H groups in total. The lowest BCUT2D eigenvalue weighted by Gasteiger charge is -2.31. The van der Waals surface area contributed by atoms with E-state index < -0.39 is 11.7 Å². The molecule has 0 spiro atoms. The quantitative estimate of drug-likeness (QED) is 0.623. The Morgan fingerprint density at radius 2 is 1.88 bits per heavy atom. The number of carbonyl (C=O) groups is 2. The zero-order valence-corrected chi connectivity index (χ0v) is 19.9. The lowest BCUT2D eigenvalue weighted by Crippen LogP contribution is -2.42. The molecule has 2 atom stereocenters. The van der Waals surface area contributed by atoms with E-state index in [2.05, 4.69) is 37.1 Å². The number of halogens is 1. The van der Waals surface area contributed by atoms with Crippen LogP contribution in [0.2, 0.25) is 0 Å². The molecule has 6 nitrogen and oxygen atoms in total. The minimum absolute atomic E-state index is 0.0307. The van der Waals surface area contributed by atoms with Crippen molar-refractivity contribution in [3.8, 4) is 0 Å². The maximum absolute atomic E-state index is 14.1. The van der Waals surface area contributed by atoms with Crippen LogP contribution in [0.25, 0.3) is 0 Å². The van der Waals surface area contributed by atoms with E-state index in [0.717, 1.165) is 16.7 Å². The van der Waals surface area contributed by atoms with Crippen molar-refractivity contribution in [3.05, 3.63) is 64.7 Å². The van der Waals surface area contributed by atoms with Gasteiger partial charge in [0.1, 0.15) is 5.82 Å². The largest absolute Gasteiger partial charge is 0.366 e. The number of benzene rings is 1. The van der Waals surface area contributed by atoms with Gasteiger partial charge < -0.3 is 16.0 Å². The van der Waals surface area contributed by atoms with Gasteiger partial charge in [0.25, 0.3) is 5.91 Å². The van der Waals surface area contributed by atoms with E-state index in [1.54, 1.807) is 6.07 Å². The molecule has 2 amide bonds. The van der Waals surface area contributed by atoms with E-state index in [1.807, 2.05) is 38.3 Å². The molecule has 0 radical (unpaired) electrons. The summed E-state index contributed by atoms with van der Waals surface area (Å²) in [6.07, 6.45) is 4.53. The van der Waals surface area contributed by atoms with Crippen molar-refractivity contribution >= 4 is 11.8 Å². The Hall–Kier alpha value is -2.80. The third kappa shape index (κ3) is 7.12. The van der Waals surface area contributed by atoms with Gasteiger partial charge >= 0.3 is 0 Å². The third-order valence-electron chi connectivity index (χ3n) is 5.77. The fourth-order valence-corrected chi connectivity index (χ4v) is 3.78. The molecule has 0 saturated carbocycles. The second-order valence-electron chi connectivity index (χ2n) is 9.72. The summed E-state index contributed by atoms with van der Waals surface area (Å²) in [5.41, 5.74) is 7.81. The van der Waals surface area contributed by atoms with E-state index in [0.29, 0.717) is 19.4 Å². The van der Waals surface area contributed by atoms with E-state index in [-0.39, 0.29) is 28.8 Å². The first-order chi connectivity index (χ1) is 14.9. The molecule has 0 unspecified atom stereocenters. The Labute approximate surface area is 190 Å². The van der Waals surface area contributed by atoms with Crippen LogP contribution in [0.4, 0.5) is 4.39 Å². The van der Waals surface area contributed by atoms with Crippen LogP contribution < -0.4 is 11.1 Å². The van der Waals surface area contributed by atoms with Gasteiger partial charge in [-0.15, -0.1) is 0 Å². The molecule has 0 bridgehead atoms. The van der Waals surface area contributed by atoms with Crippen molar-refractivity contribution in [2.24, 2.45) is 11.1 Å². The Bertz CT molecular complexity index is 953. The summed E-state index contributed by atoms with van der Waals surface area (Å²) in [6.45, 7) is 8.80. The average Bonchev–Trinajstić information content (AvgIpc) is 2.68. The zero-order valence-electron chi connectivity index (χ0n) is 19.9. The van der Waals surface area contributed by atoms with Crippen LogP contribution in [0.3, 0.4) is 0 Å². The first kappa shape index (κ1) is 25.5. The fourth-order valence-electron chi connectivity index (χ4n) is 3.78. The van der Waals surface area contributed by atoms with Crippen LogP contribution in [0.1, 0.15) is 60.2 Å². The molecule has 2 aromatic rings. The summed E-state index contributed by atoms with van der Waals surface area (Å²) in [7, 11) is 3.84. The molecular formula is C25H35FN4O2. The smallest absolute Gasteiger partial charge is 0.251 e. The van der Waals surface area contributed by atoms with Crippen LogP contribution >= 0.6 is 0 Å². The number of hydrogen-bond acceptors (Lipinski definition) is 4. The molecule has 2 rings (SSSR count). The molecular weight excluding hydrogens is 407 g/mol. The van der Waals surface area contributed by atoms with Gasteiger partial charge in [0.2, 0.25) is 5.91 Å². The molecule has 1 aromatic heterocycles. The standard InChI is InChI=1S/C25H35FN4O2/c1-16-9-18(14-28-13-16)21(25(2,3)4)12-23(31)29-15-19(30(5)6)10-17-7-8-20(24(27)32)22(26)11-17/h7-9,11,13-14,19,21H,10,12,15H2,1-6H3,(H2,27,32)(H,29,31)/t19-,21+/m0/s1. The molecule has 1 aromatic carbocycles. The number of primary amides is 1. The van der Waals surface area contributed by atoms with Crippen molar-refractivity contribution in [2.45, 2.75) is 52.5 Å². The lowest BCUT2D eigenvalue weighted by atomic mass is 9.74. The zero-order chi connectivity index (χ0) is 24.1. The van der Waals surface area contributed by atoms with Crippen LogP contribution in [0.5, 0.6) is 0 Å². The molecule has 7 heteroatoms. The maximum atomic E-state index is 14.1. The van der Waals surface area contributed by atoms with Crippen molar-refractivity contribution in [1.29, 1.82) is 0 Å². The van der Waals surface area contributed by atoms with Crippen molar-refractivity contribution in [2.75, 3.05) is 20.6 Å². The van der Waals surface area contributed by atoms with Gasteiger partial charge in [0.15, 0.2) is 0 Å². The van der Waals surface area contributed by atoms with Gasteiger partial charge in [-0.2, -0.15) is 0 Å². The highest BCUT2D eigenvalue weighted by molar-refractivity contribution is 5.93. The monoisotopic (exact) mass is 442 g/mol. The van der Waals surface area contributed by atoms with Crippen molar-refractivity contribution in [3.63, 3.8) is 0 Å². The molecule has 0 aliphatic carbocycles. The van der Waals surface area contributed by atoms with E-state index >= 15 is 0 Å². The number of amides is 2. The molecule has 0 aliphatic rings. The number of rotatable bonds is 9. The number of hydrogen-bond donors (Lipinski definition) is 2. The summed E-state index contributed by atoms with van der Waals surface area (Å²) in [5.74, 6) is -1.42. The number of carbonyl (C=O) groups excluding carboxylic acids is 2. The van der Waals surface area contributed by atoms with Crippen LogP contribution in [-0.4, -0.2) is 48.4 Å². The number of aromatic nitrogens is 1. The van der Waals surface area contributed by atoms with Gasteiger partial charge in [-0.25, -0.2) is 4.39 Å². The SMILES string of the molecule is Cc1cncc([C@@H](CC(=O)NC[C@H](Cc2ccc(C(N)=O)c(F)c2)N(C)C)C(C)(C)C)c1. The average molecular weight is 443 g/mol. The second-order valence-corrected chi connectivity index (χ2v) is 9.72. The van der Waals surface area contributed by atoms with Crippen LogP contribution in [0, 0.1) is 18.2 Å². The molecule has 174 valence electrons. The topological polar surface area (TPSA) is 88.3 Å². The van der Waals surface area contributed by atoms with Crippen LogP contribution in [-0.2, 0) is 11.2 Å². The fraction of sp³-hybridized carbons (Fsp3) is 0.480. The summed E-state index contributed by atoms with van der Waals surface area (Å²) in [4.78, 5) is 30.4. The first-order valence-electron chi connectivity index (χ1n) is 10.8. The molecule has 0 aliphatic heterocycles. The van der Waals surface area contributed by atoms with E-state index in [9.17, 15) is 14.0 Å². The summed E-state index contributed by atoms with van der Waals surface area (Å²) in [5, 5.41) is 3.05. The van der Waals surface area contributed by atoms with E-state index in [1.165, 1.54) is 12.1 Å². The Morgan fingerprint density at radius 1 is 1.19 bits per heavy atom. The molecule has 0 fully saturated rings. The van der Waals surface area contributed by atoms with Gasteiger partial charge in [0, 0.05) is 31.4 Å². The maximum Gasteiger partial charge on any atom is 0.251 e. The van der Waals surface area contributed by atoms with Crippen molar-refractivity contribution < 1.29 is 14.0 Å². The summed E-state index contributed by atoms with van der Waals surface area (Å²) in [6, 6.07) is 6.48. The molecule has 32 heavy (non-hydrogen) atoms. The number of nitrogens with two attached hydrogens (primary N) is 1. The molecule has 1 heterocycles. The lowest BCUT2D eigenvalue weighted by molar-refractivity contribution is -0.122. The van der Waals surface area contributed by atoms with Gasteiger partial charge in [0.05, 0.1) is 5.56 Å². The van der Waals surface area contributed by atoms with Crippen LogP contribution in [0.15, 0.2) is 36.7 Å². The minimum Gasteiger partial charge on any atom is -0.366 e. The second kappa shape index (κ2) is 10.7. The van der Waals surface area contributed by atoms with Gasteiger partial charge in [-0.3, -0.25) is 14.6 Å². The number of nitrogens with zero attached hydrogens (tertiary/aromatic N) is 2. The number of likely N-dealkylation sites (N-methyl/N-ethyl adjacent to an activating group) is 1. The Morgan fingerprint density at radius 3 is 2.41 bits per heavy atom. The predicted octanol–water partition coefficient (Wildman–Crippen LogP) is 3.44. The normalized spacial score (nSPS) is 13.6. The molecule has 0 saturated heterocycles. The minimum atomic E-state index is -0.789. The summed E-state index contributed by atoms with van der Waals surface area (Å²) >= 11 is 0. The number of nitrogens with one attached hydrogen (secondary N) is 1. The van der Waals surface area contributed by atoms with Crippen molar-refractivity contribution in [1.82, 2.24) is 15.2 Å². The third-order valence-corrected chi connectivity index (χ3v) is 5.77. The number of pyridine rings is 1. The predicted molar refractivity (Wildman–Crippen MR) is 125 cm³/mol. The Kier molecular flexibility index (Phi) is 8.50. The first-order valence-corrected chi connectivity index (χ1v) is 10.8.